The van der Waals surface area contributed by atoms with Crippen LogP contribution in [0.4, 0.5) is 0 Å². The minimum atomic E-state index is -1.67. The molecule has 16 heteroatoms. The molecule has 16 nitrogen and oxygen atoms in total. The maximum Gasteiger partial charge on any atom is 0.273 e. The van der Waals surface area contributed by atoms with Crippen LogP contribution < -0.4 is 10.6 Å². The Balaban J connectivity index is 1.52. The van der Waals surface area contributed by atoms with E-state index in [1.807, 2.05) is 30.3 Å². The van der Waals surface area contributed by atoms with Crippen LogP contribution in [0.15, 0.2) is 36.5 Å². The van der Waals surface area contributed by atoms with Crippen LogP contribution in [0.1, 0.15) is 29.0 Å². The topological polar surface area (TPSA) is 227 Å². The van der Waals surface area contributed by atoms with E-state index in [2.05, 4.69) is 20.9 Å². The van der Waals surface area contributed by atoms with Gasteiger partial charge in [0.1, 0.15) is 48.7 Å². The molecular weight excluding hydrogens is 546 g/mol. The first kappa shape index (κ1) is 30.9. The predicted molar refractivity (Wildman–Crippen MR) is 136 cm³/mol. The Morgan fingerprint density at radius 3 is 2.32 bits per heavy atom. The largest absolute Gasteiger partial charge is 0.394 e. The first-order valence-electron chi connectivity index (χ1n) is 12.9. The summed E-state index contributed by atoms with van der Waals surface area (Å²) in [7, 11) is 1.29. The maximum absolute atomic E-state index is 12.6. The van der Waals surface area contributed by atoms with Crippen molar-refractivity contribution in [3.63, 3.8) is 0 Å². The molecule has 4 rings (SSSR count). The molecule has 226 valence electrons. The number of benzene rings is 1. The van der Waals surface area contributed by atoms with Gasteiger partial charge in [0.05, 0.1) is 19.4 Å². The lowest BCUT2D eigenvalue weighted by Crippen LogP contribution is -2.67. The van der Waals surface area contributed by atoms with E-state index in [9.17, 15) is 35.1 Å². The summed E-state index contributed by atoms with van der Waals surface area (Å²) >= 11 is 0. The molecule has 0 bridgehead atoms. The first-order valence-corrected chi connectivity index (χ1v) is 12.9. The number of carbonyl (C=O) groups excluding carboxylic acids is 2. The summed E-state index contributed by atoms with van der Waals surface area (Å²) in [6.45, 7) is 0.153. The summed E-state index contributed by atoms with van der Waals surface area (Å²) in [5, 5.41) is 65.8. The van der Waals surface area contributed by atoms with Gasteiger partial charge in [0, 0.05) is 20.6 Å². The number of aliphatic hydroxyl groups excluding tert-OH is 5. The van der Waals surface area contributed by atoms with Crippen molar-refractivity contribution < 1.29 is 54.1 Å². The van der Waals surface area contributed by atoms with Gasteiger partial charge in [-0.25, -0.2) is 4.68 Å². The second kappa shape index (κ2) is 13.7. The van der Waals surface area contributed by atoms with Crippen molar-refractivity contribution in [2.24, 2.45) is 0 Å². The van der Waals surface area contributed by atoms with Gasteiger partial charge in [-0.05, 0) is 5.56 Å². The molecule has 7 N–H and O–H groups in total. The van der Waals surface area contributed by atoms with E-state index in [4.69, 9.17) is 18.9 Å². The number of hydrogen-bond acceptors (Lipinski definition) is 13. The van der Waals surface area contributed by atoms with Gasteiger partial charge in [0.2, 0.25) is 5.91 Å². The van der Waals surface area contributed by atoms with Crippen molar-refractivity contribution in [3.05, 3.63) is 47.8 Å². The van der Waals surface area contributed by atoms with Gasteiger partial charge in [-0.2, -0.15) is 0 Å². The number of ether oxygens (including phenoxy) is 4. The quantitative estimate of drug-likeness (QED) is 0.147. The van der Waals surface area contributed by atoms with Crippen LogP contribution in [0, 0.1) is 0 Å². The highest BCUT2D eigenvalue weighted by Crippen LogP contribution is 2.33. The van der Waals surface area contributed by atoms with Crippen molar-refractivity contribution >= 4 is 11.8 Å². The fourth-order valence-electron chi connectivity index (χ4n) is 4.87. The van der Waals surface area contributed by atoms with E-state index in [0.717, 1.165) is 10.2 Å². The Hall–Kier alpha value is -3.06. The SMILES string of the molecule is CO[C@@H]1O[C@H](CO)[C@@H](O[C@@H]2O[C@H](CO)[C@H](O)[C@H](n3cc(C(=O)NCc4ccccc4)nn3)[C@H]2O)[C@H](O)[C@H]1NC(C)=O. The molecule has 2 aliphatic heterocycles. The van der Waals surface area contributed by atoms with Crippen molar-refractivity contribution in [2.45, 2.75) is 74.8 Å². The third kappa shape index (κ3) is 6.88. The van der Waals surface area contributed by atoms with Crippen LogP contribution in [0.25, 0.3) is 0 Å². The summed E-state index contributed by atoms with van der Waals surface area (Å²) in [5.74, 6) is -1.04. The van der Waals surface area contributed by atoms with E-state index < -0.39 is 86.3 Å². The van der Waals surface area contributed by atoms with Gasteiger partial charge in [0.25, 0.3) is 5.91 Å². The zero-order chi connectivity index (χ0) is 29.7. The van der Waals surface area contributed by atoms with Crippen molar-refractivity contribution in [1.29, 1.82) is 0 Å². The lowest BCUT2D eigenvalue weighted by molar-refractivity contribution is -0.340. The Labute approximate surface area is 234 Å². The third-order valence-corrected chi connectivity index (χ3v) is 6.94. The first-order chi connectivity index (χ1) is 19.7. The van der Waals surface area contributed by atoms with E-state index in [1.54, 1.807) is 0 Å². The van der Waals surface area contributed by atoms with E-state index >= 15 is 0 Å². The fourth-order valence-corrected chi connectivity index (χ4v) is 4.87. The van der Waals surface area contributed by atoms with Crippen LogP contribution in [0.5, 0.6) is 0 Å². The number of methoxy groups -OCH3 is 1. The lowest BCUT2D eigenvalue weighted by Gasteiger charge is -2.47. The minimum Gasteiger partial charge on any atom is -0.394 e. The number of rotatable bonds is 10. The summed E-state index contributed by atoms with van der Waals surface area (Å²) in [6, 6.07) is 6.78. The Morgan fingerprint density at radius 2 is 1.68 bits per heavy atom. The van der Waals surface area contributed by atoms with Crippen LogP contribution in [0.3, 0.4) is 0 Å². The number of amides is 2. The number of nitrogens with zero attached hydrogens (tertiary/aromatic N) is 3. The average Bonchev–Trinajstić information content (AvgIpc) is 3.45. The molecule has 2 saturated heterocycles. The molecule has 2 aromatic rings. The molecule has 2 aliphatic rings. The van der Waals surface area contributed by atoms with E-state index in [-0.39, 0.29) is 12.2 Å². The summed E-state index contributed by atoms with van der Waals surface area (Å²) in [4.78, 5) is 24.4. The second-order valence-corrected chi connectivity index (χ2v) is 9.73. The molecule has 0 spiro atoms. The molecule has 2 fully saturated rings. The van der Waals surface area contributed by atoms with Crippen LogP contribution in [-0.2, 0) is 30.3 Å². The molecule has 41 heavy (non-hydrogen) atoms. The summed E-state index contributed by atoms with van der Waals surface area (Å²) in [5.41, 5.74) is 0.770. The number of carbonyl (C=O) groups is 2. The number of aromatic nitrogens is 3. The van der Waals surface area contributed by atoms with Crippen LogP contribution in [0.2, 0.25) is 0 Å². The molecule has 3 heterocycles. The monoisotopic (exact) mass is 581 g/mol. The number of nitrogens with one attached hydrogen (secondary N) is 2. The zero-order valence-electron chi connectivity index (χ0n) is 22.4. The number of hydrogen-bond donors (Lipinski definition) is 7. The normalized spacial score (nSPS) is 33.7. The Kier molecular flexibility index (Phi) is 10.3. The molecule has 10 atom stereocenters. The van der Waals surface area contributed by atoms with Gasteiger partial charge in [0.15, 0.2) is 18.3 Å². The molecule has 1 aromatic heterocycles. The average molecular weight is 582 g/mol. The highest BCUT2D eigenvalue weighted by atomic mass is 16.7. The number of aliphatic hydroxyl groups is 5. The molecule has 1 aromatic carbocycles. The van der Waals surface area contributed by atoms with E-state index in [1.165, 1.54) is 20.2 Å². The molecular formula is C25H35N5O11. The summed E-state index contributed by atoms with van der Waals surface area (Å²) in [6.07, 6.45) is -9.95. The zero-order valence-corrected chi connectivity index (χ0v) is 22.4. The minimum absolute atomic E-state index is 0.0926. The highest BCUT2D eigenvalue weighted by Gasteiger charge is 2.52. The third-order valence-electron chi connectivity index (χ3n) is 6.94. The molecule has 0 radical (unpaired) electrons. The van der Waals surface area contributed by atoms with Gasteiger partial charge >= 0.3 is 0 Å². The van der Waals surface area contributed by atoms with Gasteiger partial charge in [-0.3, -0.25) is 9.59 Å². The second-order valence-electron chi connectivity index (χ2n) is 9.73. The molecule has 0 saturated carbocycles. The molecule has 0 unspecified atom stereocenters. The smallest absolute Gasteiger partial charge is 0.273 e. The van der Waals surface area contributed by atoms with Crippen molar-refractivity contribution in [3.8, 4) is 0 Å². The van der Waals surface area contributed by atoms with Crippen molar-refractivity contribution in [1.82, 2.24) is 25.6 Å². The van der Waals surface area contributed by atoms with E-state index in [0.29, 0.717) is 0 Å². The maximum atomic E-state index is 12.6. The standard InChI is InChI=1S/C25H35N5O11/c1-12(33)27-17-20(35)22(16(11-32)40-24(17)38-2)41-25-21(36)18(19(34)15(10-31)39-25)30-9-14(28-29-30)23(37)26-8-13-6-4-3-5-7-13/h3-7,9,15-22,24-25,31-32,34-36H,8,10-11H2,1-2H3,(H,26,37)(H,27,33)/t15-,16-,17-,18+,19+,20-,21-,22-,24-,25+/m1/s1. The van der Waals surface area contributed by atoms with Gasteiger partial charge in [-0.1, -0.05) is 35.5 Å². The fraction of sp³-hybridized carbons (Fsp3) is 0.600. The summed E-state index contributed by atoms with van der Waals surface area (Å²) < 4.78 is 23.4. The Morgan fingerprint density at radius 1 is 1.00 bits per heavy atom. The van der Waals surface area contributed by atoms with Crippen LogP contribution >= 0.6 is 0 Å². The lowest BCUT2D eigenvalue weighted by atomic mass is 9.94. The molecule has 0 aliphatic carbocycles. The van der Waals surface area contributed by atoms with Crippen molar-refractivity contribution in [2.75, 3.05) is 20.3 Å². The predicted octanol–water partition coefficient (Wildman–Crippen LogP) is -3.20. The Bertz CT molecular complexity index is 1150. The highest BCUT2D eigenvalue weighted by molar-refractivity contribution is 5.91. The van der Waals surface area contributed by atoms with Crippen LogP contribution in [-0.4, -0.2) is 128 Å². The molecule has 2 amide bonds. The van der Waals surface area contributed by atoms with Gasteiger partial charge < -0.3 is 55.1 Å². The van der Waals surface area contributed by atoms with Gasteiger partial charge in [-0.15, -0.1) is 5.10 Å².